The Bertz CT molecular complexity index is 284. The van der Waals surface area contributed by atoms with Crippen LogP contribution in [0.25, 0.3) is 0 Å². The van der Waals surface area contributed by atoms with E-state index in [9.17, 15) is 4.79 Å². The van der Waals surface area contributed by atoms with E-state index >= 15 is 0 Å². The van der Waals surface area contributed by atoms with Crippen molar-refractivity contribution in [2.75, 3.05) is 7.05 Å². The number of aromatic carboxylic acids is 1. The molecule has 0 radical (unpaired) electrons. The lowest BCUT2D eigenvalue weighted by atomic mass is 10.1. The molecule has 3 heteroatoms. The van der Waals surface area contributed by atoms with Crippen LogP contribution in [0.2, 0.25) is 0 Å². The molecular formula is C9H11NO2. The monoisotopic (exact) mass is 165 g/mol. The van der Waals surface area contributed by atoms with Crippen molar-refractivity contribution in [3.05, 3.63) is 35.4 Å². The summed E-state index contributed by atoms with van der Waals surface area (Å²) in [6.07, 6.45) is 0. The van der Waals surface area contributed by atoms with Crippen LogP contribution in [0.4, 0.5) is 0 Å². The smallest absolute Gasteiger partial charge is 0.335 e. The topological polar surface area (TPSA) is 49.3 Å². The molecule has 1 aromatic rings. The molecule has 1 aromatic carbocycles. The Kier molecular flexibility index (Phi) is 2.82. The van der Waals surface area contributed by atoms with Crippen LogP contribution in [-0.2, 0) is 6.54 Å². The van der Waals surface area contributed by atoms with Crippen molar-refractivity contribution in [3.8, 4) is 0 Å². The van der Waals surface area contributed by atoms with Gasteiger partial charge in [0, 0.05) is 6.54 Å². The van der Waals surface area contributed by atoms with Crippen molar-refractivity contribution in [1.29, 1.82) is 0 Å². The first-order chi connectivity index (χ1) is 5.74. The molecule has 0 amide bonds. The van der Waals surface area contributed by atoms with Crippen LogP contribution in [0.1, 0.15) is 15.9 Å². The molecule has 3 nitrogen and oxygen atoms in total. The number of carboxylic acids is 1. The Balaban J connectivity index is 2.88. The van der Waals surface area contributed by atoms with Gasteiger partial charge < -0.3 is 10.4 Å². The second-order valence-electron chi connectivity index (χ2n) is 2.54. The van der Waals surface area contributed by atoms with Crippen LogP contribution >= 0.6 is 0 Å². The lowest BCUT2D eigenvalue weighted by Gasteiger charge is -2.00. The van der Waals surface area contributed by atoms with E-state index in [4.69, 9.17) is 5.11 Å². The lowest BCUT2D eigenvalue weighted by Crippen LogP contribution is -2.06. The first-order valence-electron chi connectivity index (χ1n) is 3.71. The normalized spacial score (nSPS) is 9.75. The van der Waals surface area contributed by atoms with Crippen molar-refractivity contribution < 1.29 is 9.90 Å². The molecule has 2 N–H and O–H groups in total. The van der Waals surface area contributed by atoms with Gasteiger partial charge in [0.05, 0.1) is 5.56 Å². The summed E-state index contributed by atoms with van der Waals surface area (Å²) in [5.41, 5.74) is 1.32. The standard InChI is InChI=1S/C9H11NO2/c1-10-6-7-3-2-4-8(5-7)9(11)12/h2-5,10H,6H2,1H3,(H,11,12). The van der Waals surface area contributed by atoms with Gasteiger partial charge in [0.25, 0.3) is 0 Å². The molecule has 0 bridgehead atoms. The van der Waals surface area contributed by atoms with Gasteiger partial charge in [0.15, 0.2) is 0 Å². The second-order valence-corrected chi connectivity index (χ2v) is 2.54. The fourth-order valence-corrected chi connectivity index (χ4v) is 1.02. The lowest BCUT2D eigenvalue weighted by molar-refractivity contribution is 0.0697. The second kappa shape index (κ2) is 3.88. The van der Waals surface area contributed by atoms with Gasteiger partial charge in [-0.05, 0) is 24.7 Å². The highest BCUT2D eigenvalue weighted by Crippen LogP contribution is 2.04. The summed E-state index contributed by atoms with van der Waals surface area (Å²) in [5.74, 6) is -0.882. The van der Waals surface area contributed by atoms with Gasteiger partial charge in [-0.2, -0.15) is 0 Å². The third-order valence-corrected chi connectivity index (χ3v) is 1.55. The molecule has 0 aromatic heterocycles. The molecule has 0 aliphatic carbocycles. The van der Waals surface area contributed by atoms with Crippen LogP contribution in [-0.4, -0.2) is 18.1 Å². The molecule has 0 unspecified atom stereocenters. The van der Waals surface area contributed by atoms with Crippen LogP contribution in [0.5, 0.6) is 0 Å². The van der Waals surface area contributed by atoms with Crippen LogP contribution in [0, 0.1) is 0 Å². The van der Waals surface area contributed by atoms with E-state index in [0.29, 0.717) is 12.1 Å². The van der Waals surface area contributed by atoms with Gasteiger partial charge in [0.2, 0.25) is 0 Å². The third kappa shape index (κ3) is 2.07. The summed E-state index contributed by atoms with van der Waals surface area (Å²) >= 11 is 0. The molecular weight excluding hydrogens is 154 g/mol. The molecule has 12 heavy (non-hydrogen) atoms. The molecule has 0 saturated carbocycles. The maximum Gasteiger partial charge on any atom is 0.335 e. The van der Waals surface area contributed by atoms with Gasteiger partial charge in [0.1, 0.15) is 0 Å². The summed E-state index contributed by atoms with van der Waals surface area (Å²) < 4.78 is 0. The molecule has 0 spiro atoms. The highest BCUT2D eigenvalue weighted by atomic mass is 16.4. The number of rotatable bonds is 3. The number of hydrogen-bond acceptors (Lipinski definition) is 2. The van der Waals surface area contributed by atoms with E-state index in [-0.39, 0.29) is 0 Å². The van der Waals surface area contributed by atoms with Crippen molar-refractivity contribution in [3.63, 3.8) is 0 Å². The number of benzene rings is 1. The zero-order valence-electron chi connectivity index (χ0n) is 6.87. The number of carbonyl (C=O) groups is 1. The van der Waals surface area contributed by atoms with E-state index < -0.39 is 5.97 Å². The van der Waals surface area contributed by atoms with Crippen LogP contribution in [0.3, 0.4) is 0 Å². The summed E-state index contributed by atoms with van der Waals surface area (Å²) in [6.45, 7) is 0.696. The quantitative estimate of drug-likeness (QED) is 0.705. The maximum atomic E-state index is 10.5. The summed E-state index contributed by atoms with van der Waals surface area (Å²) in [5, 5.41) is 11.6. The molecule has 0 aliphatic heterocycles. The molecule has 64 valence electrons. The van der Waals surface area contributed by atoms with Gasteiger partial charge in [-0.1, -0.05) is 12.1 Å². The highest BCUT2D eigenvalue weighted by Gasteiger charge is 2.01. The SMILES string of the molecule is CNCc1cccc(C(=O)O)c1. The Labute approximate surface area is 71.0 Å². The fraction of sp³-hybridized carbons (Fsp3) is 0.222. The van der Waals surface area contributed by atoms with E-state index in [2.05, 4.69) is 5.32 Å². The van der Waals surface area contributed by atoms with Crippen LogP contribution in [0.15, 0.2) is 24.3 Å². The molecule has 0 aliphatic rings. The molecule has 0 atom stereocenters. The highest BCUT2D eigenvalue weighted by molar-refractivity contribution is 5.87. The summed E-state index contributed by atoms with van der Waals surface area (Å²) in [6, 6.07) is 6.89. The predicted octanol–water partition coefficient (Wildman–Crippen LogP) is 1.10. The Morgan fingerprint density at radius 3 is 2.92 bits per heavy atom. The molecule has 0 heterocycles. The molecule has 0 fully saturated rings. The average molecular weight is 165 g/mol. The van der Waals surface area contributed by atoms with Crippen molar-refractivity contribution in [2.24, 2.45) is 0 Å². The minimum atomic E-state index is -0.882. The zero-order chi connectivity index (χ0) is 8.97. The average Bonchev–Trinajstić information content (AvgIpc) is 2.05. The van der Waals surface area contributed by atoms with Gasteiger partial charge >= 0.3 is 5.97 Å². The first kappa shape index (κ1) is 8.74. The Morgan fingerprint density at radius 2 is 2.33 bits per heavy atom. The summed E-state index contributed by atoms with van der Waals surface area (Å²) in [7, 11) is 1.83. The minimum Gasteiger partial charge on any atom is -0.478 e. The predicted molar refractivity (Wildman–Crippen MR) is 46.2 cm³/mol. The van der Waals surface area contributed by atoms with Crippen molar-refractivity contribution >= 4 is 5.97 Å². The Morgan fingerprint density at radius 1 is 1.58 bits per heavy atom. The molecule has 1 rings (SSSR count). The van der Waals surface area contributed by atoms with E-state index in [0.717, 1.165) is 5.56 Å². The molecule has 0 saturated heterocycles. The van der Waals surface area contributed by atoms with E-state index in [1.807, 2.05) is 13.1 Å². The van der Waals surface area contributed by atoms with Crippen molar-refractivity contribution in [1.82, 2.24) is 5.32 Å². The van der Waals surface area contributed by atoms with Gasteiger partial charge in [-0.25, -0.2) is 4.79 Å². The van der Waals surface area contributed by atoms with Gasteiger partial charge in [-0.3, -0.25) is 0 Å². The number of carboxylic acid groups (broad SMARTS) is 1. The first-order valence-corrected chi connectivity index (χ1v) is 3.71. The van der Waals surface area contributed by atoms with Gasteiger partial charge in [-0.15, -0.1) is 0 Å². The van der Waals surface area contributed by atoms with Crippen LogP contribution < -0.4 is 5.32 Å². The summed E-state index contributed by atoms with van der Waals surface area (Å²) in [4.78, 5) is 10.5. The fourth-order valence-electron chi connectivity index (χ4n) is 1.02. The number of hydrogen-bond donors (Lipinski definition) is 2. The number of nitrogens with one attached hydrogen (secondary N) is 1. The minimum absolute atomic E-state index is 0.336. The largest absolute Gasteiger partial charge is 0.478 e. The van der Waals surface area contributed by atoms with Crippen molar-refractivity contribution in [2.45, 2.75) is 6.54 Å². The Hall–Kier alpha value is -1.35. The third-order valence-electron chi connectivity index (χ3n) is 1.55. The van der Waals surface area contributed by atoms with E-state index in [1.165, 1.54) is 0 Å². The zero-order valence-corrected chi connectivity index (χ0v) is 6.87. The maximum absolute atomic E-state index is 10.5. The van der Waals surface area contributed by atoms with E-state index in [1.54, 1.807) is 18.2 Å².